The van der Waals surface area contributed by atoms with E-state index in [0.29, 0.717) is 31.7 Å². The average molecular weight is 629 g/mol. The molecule has 1 saturated heterocycles. The first kappa shape index (κ1) is 32.1. The number of ether oxygens (including phenoxy) is 1. The van der Waals surface area contributed by atoms with Crippen LogP contribution in [0.3, 0.4) is 0 Å². The molecule has 3 heterocycles. The zero-order valence-electron chi connectivity index (χ0n) is 27.0. The van der Waals surface area contributed by atoms with Gasteiger partial charge in [0.2, 0.25) is 11.8 Å². The Bertz CT molecular complexity index is 1570. The molecule has 3 aliphatic rings. The second-order valence-electron chi connectivity index (χ2n) is 14.4. The highest BCUT2D eigenvalue weighted by Gasteiger charge is 2.46. The highest BCUT2D eigenvalue weighted by Crippen LogP contribution is 2.48. The van der Waals surface area contributed by atoms with Crippen LogP contribution in [0, 0.1) is 11.2 Å². The number of anilines is 1. The van der Waals surface area contributed by atoms with Gasteiger partial charge in [0.1, 0.15) is 11.4 Å². The van der Waals surface area contributed by atoms with Crippen molar-refractivity contribution in [1.82, 2.24) is 15.6 Å². The molecule has 1 aromatic heterocycles. The van der Waals surface area contributed by atoms with E-state index in [4.69, 9.17) is 9.72 Å². The molecule has 0 radical (unpaired) electrons. The van der Waals surface area contributed by atoms with Gasteiger partial charge in [-0.2, -0.15) is 0 Å². The first-order chi connectivity index (χ1) is 22.0. The Labute approximate surface area is 270 Å². The minimum Gasteiger partial charge on any atom is -0.471 e. The summed E-state index contributed by atoms with van der Waals surface area (Å²) >= 11 is 0. The van der Waals surface area contributed by atoms with Gasteiger partial charge in [0.25, 0.3) is 5.91 Å². The van der Waals surface area contributed by atoms with Gasteiger partial charge in [-0.3, -0.25) is 9.59 Å². The van der Waals surface area contributed by atoms with E-state index in [9.17, 15) is 19.1 Å². The van der Waals surface area contributed by atoms with Gasteiger partial charge in [-0.1, -0.05) is 51.1 Å². The van der Waals surface area contributed by atoms with E-state index in [2.05, 4.69) is 37.5 Å². The molecule has 3 aromatic rings. The van der Waals surface area contributed by atoms with Gasteiger partial charge in [0.05, 0.1) is 17.8 Å². The number of carbonyl (C=O) groups is 2. The lowest BCUT2D eigenvalue weighted by Gasteiger charge is -2.47. The quantitative estimate of drug-likeness (QED) is 0.267. The summed E-state index contributed by atoms with van der Waals surface area (Å²) in [5.41, 5.74) is 3.34. The van der Waals surface area contributed by atoms with Crippen LogP contribution in [0.2, 0.25) is 0 Å². The molecular weight excluding hydrogens is 583 g/mol. The number of hydrogen-bond donors (Lipinski definition) is 3. The number of hydrogen-bond acceptors (Lipinski definition) is 6. The van der Waals surface area contributed by atoms with Crippen LogP contribution >= 0.6 is 0 Å². The van der Waals surface area contributed by atoms with E-state index < -0.39 is 23.9 Å². The molecule has 2 aliphatic heterocycles. The average Bonchev–Trinajstić information content (AvgIpc) is 3.43. The molecule has 2 aromatic carbocycles. The Kier molecular flexibility index (Phi) is 9.17. The second-order valence-corrected chi connectivity index (χ2v) is 14.4. The molecule has 1 saturated carbocycles. The number of fused-ring (bicyclic) bond motifs is 1. The number of aliphatic hydroxyl groups excluding tert-OH is 1. The van der Waals surface area contributed by atoms with E-state index in [0.717, 1.165) is 48.8 Å². The first-order valence-electron chi connectivity index (χ1n) is 16.5. The maximum Gasteiger partial charge on any atom is 0.251 e. The van der Waals surface area contributed by atoms with Crippen molar-refractivity contribution in [2.45, 2.75) is 95.9 Å². The standard InChI is InChI=1S/C37H45FN4O4/c1-36(2,3)20-25-17-27-30(21-37(14-8-15-37)46-35(27)40-22-25)39-23-32(43)29(18-24-9-5-4-6-10-24)41-34(45)26-12-13-28(38)31(19-26)42-16-7-11-33(42)44/h4-6,9-10,12-13,17,19,22,29-30,32,39,43H,7-8,11,14-16,18,20-21,23H2,1-3H3,(H,41,45)/t29-,30-,32-/m0/s1. The molecule has 0 bridgehead atoms. The Morgan fingerprint density at radius 1 is 1.13 bits per heavy atom. The third-order valence-corrected chi connectivity index (χ3v) is 9.42. The van der Waals surface area contributed by atoms with Crippen LogP contribution in [0.4, 0.5) is 10.1 Å². The lowest BCUT2D eigenvalue weighted by Crippen LogP contribution is -2.52. The van der Waals surface area contributed by atoms with Crippen LogP contribution < -0.4 is 20.3 Å². The summed E-state index contributed by atoms with van der Waals surface area (Å²) in [6.07, 6.45) is 7.15. The lowest BCUT2D eigenvalue weighted by atomic mass is 9.73. The highest BCUT2D eigenvalue weighted by atomic mass is 19.1. The molecule has 0 unspecified atom stereocenters. The molecule has 2 amide bonds. The summed E-state index contributed by atoms with van der Waals surface area (Å²) in [6, 6.07) is 15.3. The van der Waals surface area contributed by atoms with Crippen molar-refractivity contribution in [3.63, 3.8) is 0 Å². The number of aromatic nitrogens is 1. The monoisotopic (exact) mass is 628 g/mol. The largest absolute Gasteiger partial charge is 0.471 e. The topological polar surface area (TPSA) is 104 Å². The summed E-state index contributed by atoms with van der Waals surface area (Å²) in [7, 11) is 0. The molecule has 9 heteroatoms. The number of pyridine rings is 1. The zero-order valence-corrected chi connectivity index (χ0v) is 27.0. The predicted octanol–water partition coefficient (Wildman–Crippen LogP) is 5.67. The molecule has 46 heavy (non-hydrogen) atoms. The number of nitrogens with zero attached hydrogens (tertiary/aromatic N) is 2. The van der Waals surface area contributed by atoms with Crippen molar-refractivity contribution in [3.8, 4) is 5.88 Å². The Morgan fingerprint density at radius 3 is 2.59 bits per heavy atom. The van der Waals surface area contributed by atoms with Crippen molar-refractivity contribution in [2.24, 2.45) is 5.41 Å². The van der Waals surface area contributed by atoms with E-state index in [1.807, 2.05) is 36.5 Å². The molecule has 1 aliphatic carbocycles. The zero-order chi connectivity index (χ0) is 32.5. The van der Waals surface area contributed by atoms with E-state index >= 15 is 0 Å². The minimum atomic E-state index is -0.932. The molecule has 8 nitrogen and oxygen atoms in total. The van der Waals surface area contributed by atoms with Crippen molar-refractivity contribution in [3.05, 3.63) is 88.9 Å². The molecule has 2 fully saturated rings. The van der Waals surface area contributed by atoms with Gasteiger partial charge in [-0.25, -0.2) is 9.37 Å². The Morgan fingerprint density at radius 2 is 1.91 bits per heavy atom. The second kappa shape index (κ2) is 13.1. The van der Waals surface area contributed by atoms with Gasteiger partial charge in [0, 0.05) is 49.3 Å². The molecule has 3 N–H and O–H groups in total. The lowest BCUT2D eigenvalue weighted by molar-refractivity contribution is -0.117. The fraction of sp³-hybridized carbons (Fsp3) is 0.486. The normalized spacial score (nSPS) is 20.1. The van der Waals surface area contributed by atoms with Crippen LogP contribution in [0.5, 0.6) is 5.88 Å². The number of rotatable bonds is 10. The summed E-state index contributed by atoms with van der Waals surface area (Å²) < 4.78 is 21.2. The number of benzene rings is 2. The number of nitrogens with one attached hydrogen (secondary N) is 2. The Hall–Kier alpha value is -3.82. The van der Waals surface area contributed by atoms with E-state index in [-0.39, 0.29) is 40.8 Å². The molecule has 3 atom stereocenters. The van der Waals surface area contributed by atoms with E-state index in [1.165, 1.54) is 23.1 Å². The summed E-state index contributed by atoms with van der Waals surface area (Å²) in [6.45, 7) is 7.28. The van der Waals surface area contributed by atoms with Crippen LogP contribution in [-0.4, -0.2) is 52.7 Å². The minimum absolute atomic E-state index is 0.0585. The van der Waals surface area contributed by atoms with Gasteiger partial charge in [-0.15, -0.1) is 0 Å². The summed E-state index contributed by atoms with van der Waals surface area (Å²) in [4.78, 5) is 32.0. The molecular formula is C37H45FN4O4. The van der Waals surface area contributed by atoms with Crippen LogP contribution in [0.1, 0.15) is 92.4 Å². The third-order valence-electron chi connectivity index (χ3n) is 9.42. The number of amides is 2. The summed E-state index contributed by atoms with van der Waals surface area (Å²) in [5.74, 6) is -0.473. The van der Waals surface area contributed by atoms with Crippen LogP contribution in [-0.2, 0) is 17.6 Å². The maximum atomic E-state index is 14.7. The van der Waals surface area contributed by atoms with Crippen molar-refractivity contribution < 1.29 is 23.8 Å². The van der Waals surface area contributed by atoms with Crippen LogP contribution in [0.25, 0.3) is 0 Å². The van der Waals surface area contributed by atoms with E-state index in [1.54, 1.807) is 0 Å². The van der Waals surface area contributed by atoms with Crippen molar-refractivity contribution in [2.75, 3.05) is 18.0 Å². The fourth-order valence-corrected chi connectivity index (χ4v) is 6.92. The predicted molar refractivity (Wildman–Crippen MR) is 175 cm³/mol. The number of aliphatic hydroxyl groups is 1. The first-order valence-corrected chi connectivity index (χ1v) is 16.5. The number of carbonyl (C=O) groups excluding carboxylic acids is 2. The Balaban J connectivity index is 1.21. The maximum absolute atomic E-state index is 14.7. The fourth-order valence-electron chi connectivity index (χ4n) is 6.92. The van der Waals surface area contributed by atoms with Crippen molar-refractivity contribution in [1.29, 1.82) is 0 Å². The molecule has 244 valence electrons. The van der Waals surface area contributed by atoms with Gasteiger partial charge in [0.15, 0.2) is 0 Å². The number of halogens is 1. The summed E-state index contributed by atoms with van der Waals surface area (Å²) in [5, 5.41) is 18.3. The van der Waals surface area contributed by atoms with Crippen LogP contribution in [0.15, 0.2) is 60.8 Å². The highest BCUT2D eigenvalue weighted by molar-refractivity contribution is 5.99. The third kappa shape index (κ3) is 7.26. The SMILES string of the molecule is CC(C)(C)Cc1cnc2c(c1)[C@@H](NC[C@H](O)[C@H](Cc1ccccc1)NC(=O)c1ccc(F)c(N3CCCC3=O)c1)CC1(CCC1)O2. The van der Waals surface area contributed by atoms with Gasteiger partial charge < -0.3 is 25.4 Å². The van der Waals surface area contributed by atoms with Crippen molar-refractivity contribution >= 4 is 17.5 Å². The van der Waals surface area contributed by atoms with Gasteiger partial charge >= 0.3 is 0 Å². The molecule has 6 rings (SSSR count). The van der Waals surface area contributed by atoms with Gasteiger partial charge in [-0.05, 0) is 79.3 Å². The molecule has 1 spiro atoms. The smallest absolute Gasteiger partial charge is 0.251 e.